The Hall–Kier alpha value is 0.463. The van der Waals surface area contributed by atoms with Crippen LogP contribution in [0.5, 0.6) is 0 Å². The van der Waals surface area contributed by atoms with Crippen LogP contribution in [0, 0.1) is 16.7 Å². The van der Waals surface area contributed by atoms with Crippen molar-refractivity contribution in [3.05, 3.63) is 0 Å². The fourth-order valence-corrected chi connectivity index (χ4v) is 5.38. The molecule has 2 aliphatic rings. The van der Waals surface area contributed by atoms with Crippen LogP contribution >= 0.6 is 0 Å². The molecule has 2 radical (unpaired) electrons. The van der Waals surface area contributed by atoms with Gasteiger partial charge in [0.05, 0.1) is 0 Å². The molecule has 4 nitrogen and oxygen atoms in total. The number of rotatable bonds is 3. The zero-order valence-corrected chi connectivity index (χ0v) is 13.7. The van der Waals surface area contributed by atoms with Crippen molar-refractivity contribution in [1.82, 2.24) is 0 Å². The Morgan fingerprint density at radius 3 is 2.50 bits per heavy atom. The molecule has 2 fully saturated rings. The third kappa shape index (κ3) is 1.60. The first-order valence-corrected chi connectivity index (χ1v) is 8.34. The zero-order chi connectivity index (χ0) is 12.2. The van der Waals surface area contributed by atoms with E-state index < -0.39 is 15.5 Å². The molecule has 90 valence electrons. The molecule has 0 aliphatic heterocycles. The molecule has 0 aromatic carbocycles. The van der Waals surface area contributed by atoms with Crippen molar-refractivity contribution in [1.29, 1.82) is 0 Å². The molecule has 0 aromatic rings. The minimum absolute atomic E-state index is 0.118. The standard InChI is InChI=1S/C10H16O4S.Bi/c1-9(2)7-3-4-10(9,8(11)5-7)6-15(12,13)14;/h7H,3-6H2,1-2H3,(H,12,13,14);/q;+1/p-1/t7?,10-;/m1./s1. The van der Waals surface area contributed by atoms with Gasteiger partial charge >= 0.3 is 112 Å². The Bertz CT molecular complexity index is 428. The average molecular weight is 440 g/mol. The van der Waals surface area contributed by atoms with Crippen LogP contribution in [0.3, 0.4) is 0 Å². The van der Waals surface area contributed by atoms with Gasteiger partial charge in [-0.2, -0.15) is 0 Å². The van der Waals surface area contributed by atoms with Gasteiger partial charge in [0.15, 0.2) is 0 Å². The Morgan fingerprint density at radius 2 is 2.12 bits per heavy atom. The zero-order valence-electron chi connectivity index (χ0n) is 9.39. The first kappa shape index (κ1) is 12.9. The van der Waals surface area contributed by atoms with E-state index in [1.165, 1.54) is 0 Å². The summed E-state index contributed by atoms with van der Waals surface area (Å²) in [4.78, 5) is 12.1. The van der Waals surface area contributed by atoms with Crippen molar-refractivity contribution in [3.8, 4) is 0 Å². The molecule has 2 saturated carbocycles. The molecular weight excluding hydrogens is 425 g/mol. The van der Waals surface area contributed by atoms with E-state index in [0.29, 0.717) is 43.9 Å². The monoisotopic (exact) mass is 440 g/mol. The number of ketones is 1. The van der Waals surface area contributed by atoms with Crippen molar-refractivity contribution in [2.75, 3.05) is 5.75 Å². The molecule has 0 amide bonds. The molecule has 2 bridgehead atoms. The molecule has 2 aliphatic carbocycles. The molecular formula is C10H15BiO4S. The summed E-state index contributed by atoms with van der Waals surface area (Å²) in [5.41, 5.74) is -0.884. The van der Waals surface area contributed by atoms with Gasteiger partial charge in [0.25, 0.3) is 0 Å². The van der Waals surface area contributed by atoms with Crippen LogP contribution in [0.25, 0.3) is 0 Å². The van der Waals surface area contributed by atoms with Gasteiger partial charge in [0, 0.05) is 0 Å². The van der Waals surface area contributed by atoms with Gasteiger partial charge in [-0.1, -0.05) is 0 Å². The summed E-state index contributed by atoms with van der Waals surface area (Å²) < 4.78 is 27.9. The first-order valence-electron chi connectivity index (χ1n) is 5.34. The maximum atomic E-state index is 12.1. The van der Waals surface area contributed by atoms with Gasteiger partial charge in [0.1, 0.15) is 0 Å². The second kappa shape index (κ2) is 3.73. The number of Topliss-reactive ketones (excluding diaryl/α,β-unsaturated/α-hetero) is 1. The number of fused-ring (bicyclic) bond motifs is 2. The SMILES string of the molecule is CC1(C)C2CC[C@@]1(CS(=O)(=O)[O][Bi])C(=O)C2. The summed E-state index contributed by atoms with van der Waals surface area (Å²) in [6.45, 7) is 4.05. The maximum absolute atomic E-state index is 12.1. The number of carbonyl (C=O) groups is 1. The second-order valence-electron chi connectivity index (χ2n) is 5.44. The predicted molar refractivity (Wildman–Crippen MR) is 59.2 cm³/mol. The molecule has 2 rings (SSSR count). The van der Waals surface area contributed by atoms with Crippen LogP contribution in [0.2, 0.25) is 0 Å². The van der Waals surface area contributed by atoms with Gasteiger partial charge in [-0.25, -0.2) is 0 Å². The molecule has 1 unspecified atom stereocenters. The molecule has 16 heavy (non-hydrogen) atoms. The van der Waals surface area contributed by atoms with Crippen LogP contribution in [-0.2, 0) is 17.2 Å². The molecule has 0 N–H and O–H groups in total. The summed E-state index contributed by atoms with van der Waals surface area (Å²) in [5.74, 6) is 0.341. The van der Waals surface area contributed by atoms with Crippen LogP contribution in [0.15, 0.2) is 0 Å². The molecule has 0 saturated heterocycles. The van der Waals surface area contributed by atoms with E-state index in [2.05, 4.69) is 2.26 Å². The van der Waals surface area contributed by atoms with Gasteiger partial charge in [-0.3, -0.25) is 0 Å². The number of hydrogen-bond donors (Lipinski definition) is 0. The van der Waals surface area contributed by atoms with Crippen LogP contribution in [0.1, 0.15) is 33.1 Å². The van der Waals surface area contributed by atoms with Crippen molar-refractivity contribution < 1.29 is 15.5 Å². The van der Waals surface area contributed by atoms with Gasteiger partial charge in [0.2, 0.25) is 0 Å². The fraction of sp³-hybridized carbons (Fsp3) is 0.900. The molecule has 0 heterocycles. The summed E-state index contributed by atoms with van der Waals surface area (Å²) in [6, 6.07) is 0. The topological polar surface area (TPSA) is 60.4 Å². The Balaban J connectivity index is 2.40. The quantitative estimate of drug-likeness (QED) is 0.610. The van der Waals surface area contributed by atoms with E-state index in [4.69, 9.17) is 0 Å². The van der Waals surface area contributed by atoms with Crippen LogP contribution < -0.4 is 0 Å². The van der Waals surface area contributed by atoms with Gasteiger partial charge in [-0.15, -0.1) is 0 Å². The van der Waals surface area contributed by atoms with Crippen molar-refractivity contribution in [2.45, 2.75) is 33.1 Å². The molecule has 0 aromatic heterocycles. The van der Waals surface area contributed by atoms with Crippen LogP contribution in [-0.4, -0.2) is 45.1 Å². The molecule has 2 atom stereocenters. The summed E-state index contributed by atoms with van der Waals surface area (Å²) in [7, 11) is -3.52. The summed E-state index contributed by atoms with van der Waals surface area (Å²) in [6.07, 6.45) is 2.21. The number of hydrogen-bond acceptors (Lipinski definition) is 4. The van der Waals surface area contributed by atoms with Crippen molar-refractivity contribution in [3.63, 3.8) is 0 Å². The van der Waals surface area contributed by atoms with E-state index >= 15 is 0 Å². The number of carbonyl (C=O) groups excluding carboxylic acids is 1. The predicted octanol–water partition coefficient (Wildman–Crippen LogP) is 0.812. The average Bonchev–Trinajstić information content (AvgIpc) is 2.51. The van der Waals surface area contributed by atoms with E-state index in [0.717, 1.165) is 6.42 Å². The second-order valence-corrected chi connectivity index (χ2v) is 8.73. The first-order chi connectivity index (χ1) is 7.25. The Labute approximate surface area is 112 Å². The summed E-state index contributed by atoms with van der Waals surface area (Å²) >= 11 is 0.360. The van der Waals surface area contributed by atoms with E-state index in [-0.39, 0.29) is 17.0 Å². The Morgan fingerprint density at radius 1 is 1.50 bits per heavy atom. The molecule has 0 spiro atoms. The normalized spacial score (nSPS) is 36.9. The van der Waals surface area contributed by atoms with Crippen molar-refractivity contribution in [2.24, 2.45) is 16.7 Å². The fourth-order valence-electron chi connectivity index (χ4n) is 3.44. The van der Waals surface area contributed by atoms with Gasteiger partial charge < -0.3 is 0 Å². The van der Waals surface area contributed by atoms with E-state index in [1.807, 2.05) is 13.8 Å². The van der Waals surface area contributed by atoms with Crippen LogP contribution in [0.4, 0.5) is 0 Å². The van der Waals surface area contributed by atoms with E-state index in [1.54, 1.807) is 0 Å². The molecule has 6 heteroatoms. The van der Waals surface area contributed by atoms with E-state index in [9.17, 15) is 13.2 Å². The third-order valence-electron chi connectivity index (χ3n) is 4.68. The minimum atomic E-state index is -3.52. The van der Waals surface area contributed by atoms with Crippen molar-refractivity contribution >= 4 is 41.1 Å². The third-order valence-corrected chi connectivity index (χ3v) is 8.40. The van der Waals surface area contributed by atoms with Gasteiger partial charge in [-0.05, 0) is 0 Å². The Kier molecular flexibility index (Phi) is 3.01. The summed E-state index contributed by atoms with van der Waals surface area (Å²) in [5, 5.41) is 0.